The molecule has 3 atom stereocenters. The third kappa shape index (κ3) is 12.1. The molecule has 0 bridgehead atoms. The monoisotopic (exact) mass is 1130 g/mol. The number of halogens is 10. The Labute approximate surface area is 359 Å². The van der Waals surface area contributed by atoms with Crippen molar-refractivity contribution in [2.75, 3.05) is 0 Å². The summed E-state index contributed by atoms with van der Waals surface area (Å²) in [6, 6.07) is 4.24. The lowest BCUT2D eigenvalue weighted by molar-refractivity contribution is -0.335. The number of carbonyl (C=O) groups is 3. The fraction of sp³-hybridized carbons (Fsp3) is 0.276. The Balaban J connectivity index is 0.00000841. The van der Waals surface area contributed by atoms with E-state index in [4.69, 9.17) is 10.6 Å². The number of rotatable bonds is 14. The number of benzene rings is 3. The van der Waals surface area contributed by atoms with Gasteiger partial charge >= 0.3 is 17.5 Å². The third-order valence-electron chi connectivity index (χ3n) is 7.83. The van der Waals surface area contributed by atoms with Crippen LogP contribution in [0.4, 0.5) is 30.7 Å². The predicted octanol–water partition coefficient (Wildman–Crippen LogP) is 5.61. The van der Waals surface area contributed by atoms with Crippen molar-refractivity contribution in [1.29, 1.82) is 0 Å². The minimum absolute atomic E-state index is 0. The molecular weight excluding hydrogens is 1100 g/mol. The van der Waals surface area contributed by atoms with Crippen molar-refractivity contribution >= 4 is 87.4 Å². The molecular formula is C29H36Br2F7IN9O9P2+. The van der Waals surface area contributed by atoms with Gasteiger partial charge < -0.3 is 69.7 Å². The Morgan fingerprint density at radius 3 is 1.63 bits per heavy atom. The minimum atomic E-state index is -6.48. The minimum Gasteiger partial charge on any atom is -0.806 e. The van der Waals surface area contributed by atoms with Crippen molar-refractivity contribution in [3.8, 4) is 0 Å². The van der Waals surface area contributed by atoms with Crippen molar-refractivity contribution < 1.29 is 73.8 Å². The molecule has 3 aromatic rings. The van der Waals surface area contributed by atoms with Crippen LogP contribution in [0.5, 0.6) is 0 Å². The number of hydrogen-bond donors (Lipinski definition) is 8. The second-order valence-electron chi connectivity index (χ2n) is 11.7. The molecule has 0 fully saturated rings. The number of nitrogens with two attached hydrogens (primary N) is 1. The van der Waals surface area contributed by atoms with Gasteiger partial charge in [0.25, 0.3) is 11.6 Å². The summed E-state index contributed by atoms with van der Waals surface area (Å²) < 4.78 is 120. The summed E-state index contributed by atoms with van der Waals surface area (Å²) in [5, 5.41) is 10.7. The van der Waals surface area contributed by atoms with Gasteiger partial charge in [-0.1, -0.05) is 56.1 Å². The fourth-order valence-electron chi connectivity index (χ4n) is 4.94. The van der Waals surface area contributed by atoms with Crippen LogP contribution in [0.3, 0.4) is 0 Å². The summed E-state index contributed by atoms with van der Waals surface area (Å²) in [6.07, 6.45) is -6.17. The lowest BCUT2D eigenvalue weighted by atomic mass is 9.99. The first kappa shape index (κ1) is 56.0. The maximum Gasteiger partial charge on any atom is 0.442 e. The predicted molar refractivity (Wildman–Crippen MR) is 209 cm³/mol. The van der Waals surface area contributed by atoms with Gasteiger partial charge in [0.15, 0.2) is 0 Å². The number of amides is 3. The van der Waals surface area contributed by atoms with Gasteiger partial charge in [0.05, 0.1) is 0 Å². The van der Waals surface area contributed by atoms with E-state index in [0.717, 1.165) is 42.5 Å². The van der Waals surface area contributed by atoms with E-state index in [-0.39, 0.29) is 39.3 Å². The molecule has 1 aliphatic rings. The molecule has 18 nitrogen and oxygen atoms in total. The lowest BCUT2D eigenvalue weighted by Gasteiger charge is -2.38. The maximum absolute atomic E-state index is 14.4. The van der Waals surface area contributed by atoms with E-state index in [1.807, 2.05) is 0 Å². The van der Waals surface area contributed by atoms with E-state index in [9.17, 15) is 68.9 Å². The van der Waals surface area contributed by atoms with Crippen LogP contribution in [-0.4, -0.2) is 40.9 Å². The zero-order chi connectivity index (χ0) is 41.7. The number of hydrogen-bond acceptors (Lipinski definition) is 10. The number of quaternary nitrogens is 4. The van der Waals surface area contributed by atoms with Crippen molar-refractivity contribution in [2.24, 2.45) is 16.0 Å². The zero-order valence-corrected chi connectivity index (χ0v) is 37.7. The number of primary amides is 1. The average Bonchev–Trinajstić information content (AvgIpc) is 3.85. The van der Waals surface area contributed by atoms with E-state index in [1.165, 1.54) is 0 Å². The highest BCUT2D eigenvalue weighted by atomic mass is 125. The molecule has 3 aromatic carbocycles. The average molecular weight is 1130 g/mol. The Morgan fingerprint density at radius 1 is 0.780 bits per heavy atom. The normalized spacial score (nSPS) is 15.4. The maximum atomic E-state index is 14.4. The largest absolute Gasteiger partial charge is 0.806 e. The van der Waals surface area contributed by atoms with E-state index in [1.54, 1.807) is 22.6 Å². The quantitative estimate of drug-likeness (QED) is 0.0564. The first-order chi connectivity index (χ1) is 25.0. The first-order valence-corrected chi connectivity index (χ1v) is 20.4. The number of nitrogens with zero attached hydrogens (tertiary/aromatic N) is 2. The van der Waals surface area contributed by atoms with Gasteiger partial charge in [0.2, 0.25) is 19.4 Å². The number of nitrogens with one attached hydrogen (secondary N) is 2. The molecule has 0 radical (unpaired) electrons. The SMILES string of the molecule is NC(=O)[C@H](Cc1ccc(C(F)(F)P(=O)([O-])[O-])c(Br)c1)NC(=O)[C@H](Cc1ccc(C(F)(F)P(=O)([O-])O)c(Br)c1)NC(=O)c1cc([125I])cc(C2(C(F)(F)F)N=N2)c1.[NH4+].[NH4+].[NH4+].[NH4+]. The third-order valence-corrected chi connectivity index (χ3v) is 11.6. The van der Waals surface area contributed by atoms with E-state index in [2.05, 4.69) is 52.7 Å². The molecule has 0 saturated heterocycles. The molecule has 0 saturated carbocycles. The molecule has 330 valence electrons. The fourth-order valence-corrected chi connectivity index (χ4v) is 8.26. The Kier molecular flexibility index (Phi) is 18.8. The van der Waals surface area contributed by atoms with Gasteiger partial charge in [-0.3, -0.25) is 14.4 Å². The van der Waals surface area contributed by atoms with Crippen molar-refractivity contribution in [1.82, 2.24) is 35.2 Å². The molecule has 1 aliphatic heterocycles. The summed E-state index contributed by atoms with van der Waals surface area (Å²) in [7, 11) is -12.8. The second kappa shape index (κ2) is 19.8. The molecule has 4 rings (SSSR count). The molecule has 1 unspecified atom stereocenters. The van der Waals surface area contributed by atoms with Crippen molar-refractivity contribution in [3.63, 3.8) is 0 Å². The number of alkyl halides is 7. The van der Waals surface area contributed by atoms with Crippen LogP contribution in [0.15, 0.2) is 73.8 Å². The van der Waals surface area contributed by atoms with Gasteiger partial charge in [0, 0.05) is 55.2 Å². The van der Waals surface area contributed by atoms with Gasteiger partial charge in [0.1, 0.15) is 12.1 Å². The van der Waals surface area contributed by atoms with Gasteiger partial charge in [-0.2, -0.15) is 30.7 Å². The van der Waals surface area contributed by atoms with E-state index < -0.39 is 112 Å². The van der Waals surface area contributed by atoms with Crippen LogP contribution in [0, 0.1) is 3.57 Å². The van der Waals surface area contributed by atoms with Crippen LogP contribution in [0.2, 0.25) is 0 Å². The van der Waals surface area contributed by atoms with Crippen molar-refractivity contribution in [3.05, 3.63) is 100 Å². The second-order valence-corrected chi connectivity index (χ2v) is 17.8. The molecule has 0 spiro atoms. The van der Waals surface area contributed by atoms with Crippen molar-refractivity contribution in [2.45, 2.75) is 48.1 Å². The highest BCUT2D eigenvalue weighted by Crippen LogP contribution is 2.58. The highest BCUT2D eigenvalue weighted by molar-refractivity contribution is 14.1. The summed E-state index contributed by atoms with van der Waals surface area (Å²) >= 11 is 7.11. The summed E-state index contributed by atoms with van der Waals surface area (Å²) in [6.45, 7) is 0. The van der Waals surface area contributed by atoms with Crippen LogP contribution in [0.25, 0.3) is 0 Å². The lowest BCUT2D eigenvalue weighted by Crippen LogP contribution is -2.54. The van der Waals surface area contributed by atoms with Gasteiger partial charge in [-0.05, 0) is 64.0 Å². The zero-order valence-electron chi connectivity index (χ0n) is 30.6. The van der Waals surface area contributed by atoms with Crippen LogP contribution < -0.4 is 55.6 Å². The van der Waals surface area contributed by atoms with Crippen LogP contribution in [0.1, 0.15) is 38.2 Å². The molecule has 1 heterocycles. The number of carbonyl (C=O) groups excluding carboxylic acids is 3. The molecule has 0 aliphatic carbocycles. The molecule has 21 N–H and O–H groups in total. The van der Waals surface area contributed by atoms with E-state index in [0.29, 0.717) is 12.1 Å². The van der Waals surface area contributed by atoms with E-state index >= 15 is 0 Å². The summed E-state index contributed by atoms with van der Waals surface area (Å²) in [4.78, 5) is 82.2. The highest BCUT2D eigenvalue weighted by Gasteiger charge is 2.65. The van der Waals surface area contributed by atoms with Crippen LogP contribution >= 0.6 is 69.6 Å². The summed E-state index contributed by atoms with van der Waals surface area (Å²) in [5.74, 6) is -3.62. The smallest absolute Gasteiger partial charge is 0.442 e. The van der Waals surface area contributed by atoms with Gasteiger partial charge in [-0.25, -0.2) is 0 Å². The Hall–Kier alpha value is -2.99. The summed E-state index contributed by atoms with van der Waals surface area (Å²) in [5.41, 5.74) is -10.6. The molecule has 30 heteroatoms. The molecule has 3 amide bonds. The topological polar surface area (TPSA) is 396 Å². The molecule has 0 aromatic heterocycles. The Morgan fingerprint density at radius 2 is 1.24 bits per heavy atom. The first-order valence-electron chi connectivity index (χ1n) is 14.6. The van der Waals surface area contributed by atoms with Crippen LogP contribution in [-0.2, 0) is 48.6 Å². The Bertz CT molecular complexity index is 2200. The standard InChI is InChI=1S/C29H23Br2F7IN5O9P2.4H3N/c30-19-5-12(1-3-17(19)27(32,33)54(48,49)50)7-21(23(40)45)41-25(47)22(8-13-2-4-18(20(31)6-13)28(34,35)55(51,52)53)42-24(46)14-9-15(11-16(39)10-14)26(43-44-26)29(36,37)38;;;;/h1-6,9-11,21-22H,7-8H2,(H2,40,45)(H,41,47)(H,42,46)(H2,48,49,50)(H2,51,52,53);4*1H3/p+1/t21-,22-;;;;/m0..../s1/i39-2;;;;. The molecule has 59 heavy (non-hydrogen) atoms. The van der Waals surface area contributed by atoms with Gasteiger partial charge in [-0.15, -0.1) is 10.2 Å².